The Morgan fingerprint density at radius 1 is 0.971 bits per heavy atom. The number of hydrogen-bond donors (Lipinski definition) is 2. The molecule has 1 unspecified atom stereocenters. The molecule has 7 heteroatoms. The first-order chi connectivity index (χ1) is 17.2. The zero-order chi connectivity index (χ0) is 24.0. The van der Waals surface area contributed by atoms with Crippen molar-refractivity contribution in [2.45, 2.75) is 44.0 Å². The molecule has 2 aliphatic heterocycles. The van der Waals surface area contributed by atoms with E-state index < -0.39 is 6.10 Å². The molecule has 2 N–H and O–H groups in total. The van der Waals surface area contributed by atoms with Gasteiger partial charge in [0.25, 0.3) is 5.91 Å². The first-order valence-electron chi connectivity index (χ1n) is 12.5. The van der Waals surface area contributed by atoms with Crippen molar-refractivity contribution in [3.05, 3.63) is 95.6 Å². The summed E-state index contributed by atoms with van der Waals surface area (Å²) in [4.78, 5) is 26.1. The van der Waals surface area contributed by atoms with Gasteiger partial charge in [-0.25, -0.2) is 0 Å². The summed E-state index contributed by atoms with van der Waals surface area (Å²) in [6, 6.07) is 20.0. The van der Waals surface area contributed by atoms with E-state index in [4.69, 9.17) is 0 Å². The lowest BCUT2D eigenvalue weighted by atomic mass is 10.0. The number of carbonyl (C=O) groups is 1. The summed E-state index contributed by atoms with van der Waals surface area (Å²) in [6.07, 6.45) is 5.94. The number of aliphatic hydroxyl groups excluding tert-OH is 1. The highest BCUT2D eigenvalue weighted by Gasteiger charge is 2.30. The topological polar surface area (TPSA) is 81.6 Å². The van der Waals surface area contributed by atoms with Gasteiger partial charge >= 0.3 is 0 Å². The Hall–Kier alpha value is -3.13. The molecule has 2 aromatic heterocycles. The van der Waals surface area contributed by atoms with E-state index in [0.717, 1.165) is 55.7 Å². The summed E-state index contributed by atoms with van der Waals surface area (Å²) in [5.41, 5.74) is 3.62. The second-order valence-electron chi connectivity index (χ2n) is 9.55. The van der Waals surface area contributed by atoms with E-state index in [-0.39, 0.29) is 11.9 Å². The van der Waals surface area contributed by atoms with Crippen LogP contribution in [0, 0.1) is 0 Å². The van der Waals surface area contributed by atoms with Crippen LogP contribution in [0.5, 0.6) is 0 Å². The van der Waals surface area contributed by atoms with Gasteiger partial charge in [-0.2, -0.15) is 0 Å². The number of nitrogens with one attached hydrogen (secondary N) is 1. The monoisotopic (exact) mass is 471 g/mol. The van der Waals surface area contributed by atoms with Gasteiger partial charge in [0.2, 0.25) is 0 Å². The van der Waals surface area contributed by atoms with Crippen LogP contribution >= 0.6 is 0 Å². The quantitative estimate of drug-likeness (QED) is 0.552. The average molecular weight is 472 g/mol. The molecule has 0 saturated carbocycles. The lowest BCUT2D eigenvalue weighted by Gasteiger charge is -2.34. The van der Waals surface area contributed by atoms with Gasteiger partial charge in [0.1, 0.15) is 5.69 Å². The van der Waals surface area contributed by atoms with Crippen LogP contribution in [0.3, 0.4) is 0 Å². The minimum atomic E-state index is -0.497. The van der Waals surface area contributed by atoms with Gasteiger partial charge in [-0.1, -0.05) is 42.5 Å². The summed E-state index contributed by atoms with van der Waals surface area (Å²) in [6.45, 7) is 3.89. The molecular weight excluding hydrogens is 438 g/mol. The number of benzene rings is 1. The molecule has 35 heavy (non-hydrogen) atoms. The Bertz CT molecular complexity index is 1090. The van der Waals surface area contributed by atoms with E-state index in [1.165, 1.54) is 0 Å². The fourth-order valence-electron chi connectivity index (χ4n) is 5.09. The molecule has 0 radical (unpaired) electrons. The third-order valence-electron chi connectivity index (χ3n) is 7.10. The van der Waals surface area contributed by atoms with Crippen LogP contribution in [-0.4, -0.2) is 69.0 Å². The summed E-state index contributed by atoms with van der Waals surface area (Å²) >= 11 is 0. The molecule has 3 atom stereocenters. The number of amides is 1. The van der Waals surface area contributed by atoms with Gasteiger partial charge < -0.3 is 15.3 Å². The van der Waals surface area contributed by atoms with Crippen LogP contribution in [-0.2, 0) is 13.0 Å². The SMILES string of the molecule is O=C(c1ccc(C[C@@H]2CC[C@H](C(O)c3ccccc3)N2)cn1)N1CCN(Cc2ccccn2)CC1. The largest absolute Gasteiger partial charge is 0.387 e. The molecule has 0 spiro atoms. The van der Waals surface area contributed by atoms with Crippen LogP contribution in [0.25, 0.3) is 0 Å². The molecule has 5 rings (SSSR count). The van der Waals surface area contributed by atoms with E-state index in [0.29, 0.717) is 24.8 Å². The van der Waals surface area contributed by atoms with E-state index in [1.54, 1.807) is 0 Å². The number of piperazine rings is 1. The van der Waals surface area contributed by atoms with Gasteiger partial charge in [0, 0.05) is 57.2 Å². The van der Waals surface area contributed by atoms with Crippen molar-refractivity contribution in [2.24, 2.45) is 0 Å². The Balaban J connectivity index is 1.10. The average Bonchev–Trinajstić information content (AvgIpc) is 3.38. The summed E-state index contributed by atoms with van der Waals surface area (Å²) in [7, 11) is 0. The number of carbonyl (C=O) groups excluding carboxylic acids is 1. The smallest absolute Gasteiger partial charge is 0.272 e. The molecular formula is C28H33N5O2. The third kappa shape index (κ3) is 5.93. The zero-order valence-electron chi connectivity index (χ0n) is 20.0. The van der Waals surface area contributed by atoms with Gasteiger partial charge in [-0.3, -0.25) is 19.7 Å². The summed E-state index contributed by atoms with van der Waals surface area (Å²) in [5, 5.41) is 14.3. The second kappa shape index (κ2) is 11.1. The van der Waals surface area contributed by atoms with Gasteiger partial charge in [0.15, 0.2) is 0 Å². The van der Waals surface area contributed by atoms with Gasteiger partial charge in [-0.15, -0.1) is 0 Å². The number of rotatable bonds is 7. The summed E-state index contributed by atoms with van der Waals surface area (Å²) in [5.74, 6) is -0.000857. The molecule has 2 saturated heterocycles. The molecule has 0 aliphatic carbocycles. The maximum Gasteiger partial charge on any atom is 0.272 e. The van der Waals surface area contributed by atoms with Crippen molar-refractivity contribution in [1.82, 2.24) is 25.1 Å². The standard InChI is InChI=1S/C28H33N5O2/c34-27(22-6-2-1-3-7-22)25-12-10-23(31-25)18-21-9-11-26(30-19-21)28(35)33-16-14-32(15-17-33)20-24-8-4-5-13-29-24/h1-9,11,13,19,23,25,27,31,34H,10,12,14-18,20H2/t23-,25+,27?/m0/s1. The molecule has 0 bridgehead atoms. The first-order valence-corrected chi connectivity index (χ1v) is 12.5. The fourth-order valence-corrected chi connectivity index (χ4v) is 5.09. The van der Waals surface area contributed by atoms with E-state index in [9.17, 15) is 9.90 Å². The maximum absolute atomic E-state index is 13.0. The fraction of sp³-hybridized carbons (Fsp3) is 0.393. The molecule has 4 heterocycles. The van der Waals surface area contributed by atoms with Gasteiger partial charge in [0.05, 0.1) is 11.8 Å². The Morgan fingerprint density at radius 2 is 1.77 bits per heavy atom. The molecule has 2 aliphatic rings. The van der Waals surface area contributed by atoms with Crippen molar-refractivity contribution < 1.29 is 9.90 Å². The predicted octanol–water partition coefficient (Wildman–Crippen LogP) is 2.83. The lowest BCUT2D eigenvalue weighted by Crippen LogP contribution is -2.48. The highest BCUT2D eigenvalue weighted by Crippen LogP contribution is 2.26. The highest BCUT2D eigenvalue weighted by molar-refractivity contribution is 5.92. The van der Waals surface area contributed by atoms with E-state index in [1.807, 2.05) is 78.0 Å². The zero-order valence-corrected chi connectivity index (χ0v) is 20.0. The number of nitrogens with zero attached hydrogens (tertiary/aromatic N) is 4. The van der Waals surface area contributed by atoms with Crippen molar-refractivity contribution in [3.8, 4) is 0 Å². The van der Waals surface area contributed by atoms with Crippen molar-refractivity contribution in [2.75, 3.05) is 26.2 Å². The Morgan fingerprint density at radius 3 is 2.49 bits per heavy atom. The lowest BCUT2D eigenvalue weighted by molar-refractivity contribution is 0.0621. The molecule has 3 aromatic rings. The highest BCUT2D eigenvalue weighted by atomic mass is 16.3. The molecule has 1 aromatic carbocycles. The summed E-state index contributed by atoms with van der Waals surface area (Å²) < 4.78 is 0. The molecule has 2 fully saturated rings. The van der Waals surface area contributed by atoms with Crippen molar-refractivity contribution in [3.63, 3.8) is 0 Å². The molecule has 182 valence electrons. The van der Waals surface area contributed by atoms with E-state index >= 15 is 0 Å². The Kier molecular flexibility index (Phi) is 7.47. The maximum atomic E-state index is 13.0. The predicted molar refractivity (Wildman–Crippen MR) is 135 cm³/mol. The van der Waals surface area contributed by atoms with Crippen molar-refractivity contribution in [1.29, 1.82) is 0 Å². The van der Waals surface area contributed by atoms with Crippen LogP contribution < -0.4 is 5.32 Å². The number of aromatic nitrogens is 2. The first kappa shape index (κ1) is 23.6. The molecule has 7 nitrogen and oxygen atoms in total. The number of hydrogen-bond acceptors (Lipinski definition) is 6. The normalized spacial score (nSPS) is 21.7. The minimum absolute atomic E-state index is 0.000857. The van der Waals surface area contributed by atoms with Crippen LogP contribution in [0.2, 0.25) is 0 Å². The van der Waals surface area contributed by atoms with Crippen molar-refractivity contribution >= 4 is 5.91 Å². The minimum Gasteiger partial charge on any atom is -0.387 e. The molecule has 1 amide bonds. The third-order valence-corrected chi connectivity index (χ3v) is 7.10. The van der Waals surface area contributed by atoms with Gasteiger partial charge in [-0.05, 0) is 48.6 Å². The van der Waals surface area contributed by atoms with Crippen LogP contribution in [0.4, 0.5) is 0 Å². The van der Waals surface area contributed by atoms with Crippen LogP contribution in [0.1, 0.15) is 46.3 Å². The van der Waals surface area contributed by atoms with E-state index in [2.05, 4.69) is 20.2 Å². The van der Waals surface area contributed by atoms with Crippen LogP contribution in [0.15, 0.2) is 73.1 Å². The number of aliphatic hydroxyl groups is 1. The second-order valence-corrected chi connectivity index (χ2v) is 9.55. The number of pyridine rings is 2. The Labute approximate surface area is 206 Å².